The van der Waals surface area contributed by atoms with Crippen LogP contribution in [0.1, 0.15) is 51.9 Å². The Bertz CT molecular complexity index is 705. The largest absolute Gasteiger partial charge is 0.370 e. The first-order chi connectivity index (χ1) is 16.1. The van der Waals surface area contributed by atoms with Crippen molar-refractivity contribution in [3.63, 3.8) is 0 Å². The fraction of sp³-hybridized carbons (Fsp3) is 0.700. The van der Waals surface area contributed by atoms with Gasteiger partial charge in [-0.15, -0.1) is 0 Å². The second kappa shape index (κ2) is 18.1. The van der Waals surface area contributed by atoms with E-state index >= 15 is 0 Å². The number of nitrogens with two attached hydrogens (primary N) is 5. The maximum atomic E-state index is 12.9. The van der Waals surface area contributed by atoms with Crippen molar-refractivity contribution in [3.05, 3.63) is 0 Å². The third-order valence-electron chi connectivity index (χ3n) is 4.68. The lowest BCUT2D eigenvalue weighted by Gasteiger charge is -2.24. The van der Waals surface area contributed by atoms with Crippen LogP contribution in [0.3, 0.4) is 0 Å². The predicted molar refractivity (Wildman–Crippen MR) is 130 cm³/mol. The van der Waals surface area contributed by atoms with Crippen molar-refractivity contribution >= 4 is 35.9 Å². The highest BCUT2D eigenvalue weighted by atomic mass is 16.2. The highest BCUT2D eigenvalue weighted by Crippen LogP contribution is 2.06. The van der Waals surface area contributed by atoms with Crippen molar-refractivity contribution in [2.45, 2.75) is 70.0 Å². The van der Waals surface area contributed by atoms with E-state index in [0.717, 1.165) is 0 Å². The molecule has 14 heteroatoms. The van der Waals surface area contributed by atoms with E-state index in [9.17, 15) is 19.2 Å². The molecule has 0 aliphatic carbocycles. The van der Waals surface area contributed by atoms with Gasteiger partial charge in [0.25, 0.3) is 0 Å². The number of aliphatic imine (C=N–C) groups is 2. The normalized spacial score (nSPS) is 13.0. The molecule has 0 aromatic heterocycles. The van der Waals surface area contributed by atoms with Crippen LogP contribution in [0.5, 0.6) is 0 Å². The molecule has 0 spiro atoms. The van der Waals surface area contributed by atoms with E-state index in [2.05, 4.69) is 25.9 Å². The Hall–Kier alpha value is -3.42. The van der Waals surface area contributed by atoms with Crippen LogP contribution in [0.4, 0.5) is 0 Å². The summed E-state index contributed by atoms with van der Waals surface area (Å²) >= 11 is 0. The molecular weight excluding hydrogens is 444 g/mol. The third-order valence-corrected chi connectivity index (χ3v) is 4.68. The topological polar surface area (TPSA) is 259 Å². The van der Waals surface area contributed by atoms with Crippen LogP contribution in [0, 0.1) is 0 Å². The molecule has 14 nitrogen and oxygen atoms in total. The van der Waals surface area contributed by atoms with E-state index in [1.165, 1.54) is 6.92 Å². The second-order valence-electron chi connectivity index (χ2n) is 7.75. The fourth-order valence-corrected chi connectivity index (χ4v) is 3.03. The van der Waals surface area contributed by atoms with Gasteiger partial charge in [-0.05, 0) is 51.5 Å². The quantitative estimate of drug-likeness (QED) is 0.0423. The van der Waals surface area contributed by atoms with Crippen LogP contribution >= 0.6 is 0 Å². The van der Waals surface area contributed by atoms with Gasteiger partial charge in [0, 0.05) is 20.0 Å². The molecule has 0 rings (SSSR count). The zero-order chi connectivity index (χ0) is 25.9. The number of carbonyl (C=O) groups is 4. The number of carbonyl (C=O) groups excluding carboxylic acids is 4. The lowest BCUT2D eigenvalue weighted by molar-refractivity contribution is -0.132. The molecule has 0 bridgehead atoms. The Kier molecular flexibility index (Phi) is 16.2. The summed E-state index contributed by atoms with van der Waals surface area (Å²) in [6, 6.07) is -2.57. The van der Waals surface area contributed by atoms with Crippen molar-refractivity contribution in [2.24, 2.45) is 38.7 Å². The Labute approximate surface area is 199 Å². The molecule has 0 radical (unpaired) electrons. The minimum absolute atomic E-state index is 0.0598. The van der Waals surface area contributed by atoms with E-state index in [-0.39, 0.29) is 30.8 Å². The molecule has 0 fully saturated rings. The van der Waals surface area contributed by atoms with Gasteiger partial charge >= 0.3 is 0 Å². The van der Waals surface area contributed by atoms with Gasteiger partial charge in [0.05, 0.1) is 6.04 Å². The molecule has 0 heterocycles. The molecule has 0 aliphatic rings. The highest BCUT2D eigenvalue weighted by molar-refractivity contribution is 5.92. The molecule has 0 saturated heterocycles. The molecule has 3 amide bonds. The van der Waals surface area contributed by atoms with E-state index in [1.807, 2.05) is 0 Å². The van der Waals surface area contributed by atoms with Crippen LogP contribution < -0.4 is 44.6 Å². The maximum absolute atomic E-state index is 12.9. The van der Waals surface area contributed by atoms with E-state index < -0.39 is 29.9 Å². The first-order valence-electron chi connectivity index (χ1n) is 11.2. The van der Waals surface area contributed by atoms with Crippen LogP contribution in [0.15, 0.2) is 9.98 Å². The molecule has 3 atom stereocenters. The number of hydrogen-bond donors (Lipinski definition) is 8. The third kappa shape index (κ3) is 15.4. The number of nitrogens with one attached hydrogen (secondary N) is 3. The first kappa shape index (κ1) is 30.6. The van der Waals surface area contributed by atoms with Gasteiger partial charge in [0.1, 0.15) is 18.4 Å². The number of aldehydes is 1. The zero-order valence-electron chi connectivity index (χ0n) is 19.8. The summed E-state index contributed by atoms with van der Waals surface area (Å²) < 4.78 is 0. The molecule has 0 aromatic carbocycles. The van der Waals surface area contributed by atoms with Crippen LogP contribution in [-0.4, -0.2) is 73.7 Å². The van der Waals surface area contributed by atoms with E-state index in [0.29, 0.717) is 57.9 Å². The van der Waals surface area contributed by atoms with Crippen LogP contribution in [0.25, 0.3) is 0 Å². The summed E-state index contributed by atoms with van der Waals surface area (Å²) in [4.78, 5) is 56.4. The van der Waals surface area contributed by atoms with Crippen molar-refractivity contribution in [1.82, 2.24) is 16.0 Å². The van der Waals surface area contributed by atoms with Gasteiger partial charge in [-0.2, -0.15) is 0 Å². The Balaban J connectivity index is 5.25. The first-order valence-corrected chi connectivity index (χ1v) is 11.2. The SMILES string of the molecule is CC(=O)N[C@@H](CCCCN)C(=O)N[C@@H](CCCN=C(N)N)C(=O)N[C@H](C=O)CCCN=C(N)N. The van der Waals surface area contributed by atoms with Gasteiger partial charge in [-0.25, -0.2) is 0 Å². The monoisotopic (exact) mass is 484 g/mol. The van der Waals surface area contributed by atoms with Gasteiger partial charge < -0.3 is 49.4 Å². The number of amides is 3. The van der Waals surface area contributed by atoms with Gasteiger partial charge in [-0.3, -0.25) is 24.4 Å². The fourth-order valence-electron chi connectivity index (χ4n) is 3.03. The average molecular weight is 485 g/mol. The number of rotatable bonds is 18. The Morgan fingerprint density at radius 3 is 1.76 bits per heavy atom. The predicted octanol–water partition coefficient (Wildman–Crippen LogP) is -3.10. The minimum atomic E-state index is -0.965. The van der Waals surface area contributed by atoms with Crippen molar-refractivity contribution in [2.75, 3.05) is 19.6 Å². The molecule has 13 N–H and O–H groups in total. The van der Waals surface area contributed by atoms with E-state index in [4.69, 9.17) is 28.7 Å². The van der Waals surface area contributed by atoms with E-state index in [1.54, 1.807) is 0 Å². The Morgan fingerprint density at radius 1 is 0.765 bits per heavy atom. The summed E-state index contributed by atoms with van der Waals surface area (Å²) in [6.07, 6.45) is 3.68. The molecule has 0 saturated carbocycles. The molecule has 34 heavy (non-hydrogen) atoms. The van der Waals surface area contributed by atoms with Gasteiger partial charge in [0.2, 0.25) is 17.7 Å². The summed E-state index contributed by atoms with van der Waals surface area (Å²) in [6.45, 7) is 2.33. The number of guanidine groups is 2. The van der Waals surface area contributed by atoms with Gasteiger partial charge in [0.15, 0.2) is 11.9 Å². The number of hydrogen-bond acceptors (Lipinski definition) is 7. The molecular formula is C20H40N10O4. The number of nitrogens with zero attached hydrogens (tertiary/aromatic N) is 2. The number of unbranched alkanes of at least 4 members (excludes halogenated alkanes) is 1. The smallest absolute Gasteiger partial charge is 0.243 e. The zero-order valence-corrected chi connectivity index (χ0v) is 19.8. The summed E-state index contributed by atoms with van der Waals surface area (Å²) in [5.74, 6) is -1.57. The molecule has 0 unspecified atom stereocenters. The van der Waals surface area contributed by atoms with Crippen molar-refractivity contribution in [1.29, 1.82) is 0 Å². The molecule has 0 aromatic rings. The van der Waals surface area contributed by atoms with Crippen molar-refractivity contribution < 1.29 is 19.2 Å². The average Bonchev–Trinajstić information content (AvgIpc) is 2.76. The second-order valence-corrected chi connectivity index (χ2v) is 7.75. The summed E-state index contributed by atoms with van der Waals surface area (Å²) in [5, 5.41) is 7.88. The van der Waals surface area contributed by atoms with Crippen molar-refractivity contribution in [3.8, 4) is 0 Å². The van der Waals surface area contributed by atoms with Crippen LogP contribution in [0.2, 0.25) is 0 Å². The molecule has 0 aliphatic heterocycles. The lowest BCUT2D eigenvalue weighted by Crippen LogP contribution is -2.55. The highest BCUT2D eigenvalue weighted by Gasteiger charge is 2.27. The maximum Gasteiger partial charge on any atom is 0.243 e. The molecule has 194 valence electrons. The minimum Gasteiger partial charge on any atom is -0.370 e. The summed E-state index contributed by atoms with van der Waals surface area (Å²) in [5.41, 5.74) is 26.7. The van der Waals surface area contributed by atoms with Gasteiger partial charge in [-0.1, -0.05) is 0 Å². The standard InChI is InChI=1S/C20H40N10O4/c1-13(32)28-15(7-2-3-9-21)18(34)30-16(8-5-11-27-20(24)25)17(33)29-14(12-31)6-4-10-26-19(22)23/h12,14-16H,2-11,21H2,1H3,(H,28,32)(H,29,33)(H,30,34)(H4,22,23,26)(H4,24,25,27)/t14-,15-,16-/m0/s1. The lowest BCUT2D eigenvalue weighted by atomic mass is 10.1. The van der Waals surface area contributed by atoms with Crippen LogP contribution in [-0.2, 0) is 19.2 Å². The Morgan fingerprint density at radius 2 is 1.26 bits per heavy atom. The summed E-state index contributed by atoms with van der Waals surface area (Å²) in [7, 11) is 0.